The van der Waals surface area contributed by atoms with Gasteiger partial charge < -0.3 is 0 Å². The SMILES string of the molecule is CC(=O)c1cnc(C2Cc3ccccc3C2)s1. The summed E-state index contributed by atoms with van der Waals surface area (Å²) in [4.78, 5) is 16.4. The number of rotatable bonds is 2. The molecular formula is C14H13NOS. The zero-order valence-corrected chi connectivity index (χ0v) is 10.5. The summed E-state index contributed by atoms with van der Waals surface area (Å²) in [6.45, 7) is 1.60. The highest BCUT2D eigenvalue weighted by atomic mass is 32.1. The molecule has 0 unspecified atom stereocenters. The molecule has 0 aliphatic heterocycles. The lowest BCUT2D eigenvalue weighted by Crippen LogP contribution is -1.96. The van der Waals surface area contributed by atoms with Gasteiger partial charge in [-0.3, -0.25) is 4.79 Å². The molecule has 3 heteroatoms. The first kappa shape index (κ1) is 10.7. The highest BCUT2D eigenvalue weighted by Crippen LogP contribution is 2.35. The van der Waals surface area contributed by atoms with E-state index < -0.39 is 0 Å². The molecule has 0 saturated heterocycles. The van der Waals surface area contributed by atoms with E-state index >= 15 is 0 Å². The molecule has 0 bridgehead atoms. The second-order valence-corrected chi connectivity index (χ2v) is 5.56. The Morgan fingerprint density at radius 2 is 1.94 bits per heavy atom. The van der Waals surface area contributed by atoms with Crippen molar-refractivity contribution in [2.45, 2.75) is 25.7 Å². The van der Waals surface area contributed by atoms with Crippen LogP contribution in [0, 0.1) is 0 Å². The first-order valence-electron chi connectivity index (χ1n) is 5.77. The fourth-order valence-electron chi connectivity index (χ4n) is 2.37. The van der Waals surface area contributed by atoms with Crippen LogP contribution in [0.15, 0.2) is 30.5 Å². The zero-order valence-electron chi connectivity index (χ0n) is 9.64. The molecular weight excluding hydrogens is 230 g/mol. The molecule has 1 aliphatic carbocycles. The summed E-state index contributed by atoms with van der Waals surface area (Å²) in [7, 11) is 0. The second kappa shape index (κ2) is 4.08. The Hall–Kier alpha value is -1.48. The Labute approximate surface area is 104 Å². The number of hydrogen-bond donors (Lipinski definition) is 0. The van der Waals surface area contributed by atoms with Crippen molar-refractivity contribution < 1.29 is 4.79 Å². The minimum Gasteiger partial charge on any atom is -0.294 e. The van der Waals surface area contributed by atoms with Gasteiger partial charge in [0, 0.05) is 19.0 Å². The van der Waals surface area contributed by atoms with Gasteiger partial charge in [0.05, 0.1) is 9.88 Å². The summed E-state index contributed by atoms with van der Waals surface area (Å²) >= 11 is 1.55. The summed E-state index contributed by atoms with van der Waals surface area (Å²) < 4.78 is 0. The van der Waals surface area contributed by atoms with Crippen LogP contribution in [0.3, 0.4) is 0 Å². The number of benzene rings is 1. The molecule has 2 aromatic rings. The van der Waals surface area contributed by atoms with Gasteiger partial charge >= 0.3 is 0 Å². The third-order valence-corrected chi connectivity index (χ3v) is 4.53. The summed E-state index contributed by atoms with van der Waals surface area (Å²) in [5, 5.41) is 1.10. The Morgan fingerprint density at radius 1 is 1.29 bits per heavy atom. The lowest BCUT2D eigenvalue weighted by molar-refractivity contribution is 0.102. The van der Waals surface area contributed by atoms with Crippen molar-refractivity contribution in [3.8, 4) is 0 Å². The average molecular weight is 243 g/mol. The molecule has 0 fully saturated rings. The molecule has 0 amide bonds. The topological polar surface area (TPSA) is 30.0 Å². The van der Waals surface area contributed by atoms with Crippen LogP contribution in [0.25, 0.3) is 0 Å². The van der Waals surface area contributed by atoms with Crippen LogP contribution < -0.4 is 0 Å². The van der Waals surface area contributed by atoms with E-state index in [1.807, 2.05) is 0 Å². The minimum absolute atomic E-state index is 0.115. The number of thiazole rings is 1. The normalized spacial score (nSPS) is 14.9. The lowest BCUT2D eigenvalue weighted by atomic mass is 10.1. The predicted molar refractivity (Wildman–Crippen MR) is 68.7 cm³/mol. The summed E-state index contributed by atoms with van der Waals surface area (Å²) in [6, 6.07) is 8.55. The molecule has 0 atom stereocenters. The summed E-state index contributed by atoms with van der Waals surface area (Å²) in [6.07, 6.45) is 3.83. The molecule has 1 aromatic carbocycles. The van der Waals surface area contributed by atoms with E-state index in [0.29, 0.717) is 5.92 Å². The van der Waals surface area contributed by atoms with Gasteiger partial charge in [-0.25, -0.2) is 4.98 Å². The quantitative estimate of drug-likeness (QED) is 0.758. The molecule has 0 radical (unpaired) electrons. The fourth-order valence-corrected chi connectivity index (χ4v) is 3.29. The van der Waals surface area contributed by atoms with Crippen LogP contribution in [0.2, 0.25) is 0 Å². The van der Waals surface area contributed by atoms with E-state index in [1.165, 1.54) is 11.1 Å². The maximum atomic E-state index is 11.3. The molecule has 3 rings (SSSR count). The Balaban J connectivity index is 1.86. The Kier molecular flexibility index (Phi) is 2.56. The number of Topliss-reactive ketones (excluding diaryl/α,β-unsaturated/α-hetero) is 1. The molecule has 0 N–H and O–H groups in total. The molecule has 0 spiro atoms. The summed E-state index contributed by atoms with van der Waals surface area (Å²) in [5.74, 6) is 0.578. The average Bonchev–Trinajstić information content (AvgIpc) is 2.95. The van der Waals surface area contributed by atoms with Gasteiger partial charge in [0.15, 0.2) is 5.78 Å². The van der Waals surface area contributed by atoms with Gasteiger partial charge in [-0.1, -0.05) is 24.3 Å². The lowest BCUT2D eigenvalue weighted by Gasteiger charge is -2.02. The number of aromatic nitrogens is 1. The smallest absolute Gasteiger partial charge is 0.171 e. The fraction of sp³-hybridized carbons (Fsp3) is 0.286. The van der Waals surface area contributed by atoms with E-state index in [0.717, 1.165) is 22.7 Å². The van der Waals surface area contributed by atoms with Crippen LogP contribution in [-0.4, -0.2) is 10.8 Å². The van der Waals surface area contributed by atoms with Gasteiger partial charge in [0.25, 0.3) is 0 Å². The number of nitrogens with zero attached hydrogens (tertiary/aromatic N) is 1. The van der Waals surface area contributed by atoms with Crippen LogP contribution in [0.4, 0.5) is 0 Å². The monoisotopic (exact) mass is 243 g/mol. The van der Waals surface area contributed by atoms with Gasteiger partial charge in [-0.2, -0.15) is 0 Å². The highest BCUT2D eigenvalue weighted by molar-refractivity contribution is 7.13. The van der Waals surface area contributed by atoms with Crippen LogP contribution in [0.5, 0.6) is 0 Å². The predicted octanol–water partition coefficient (Wildman–Crippen LogP) is 3.23. The van der Waals surface area contributed by atoms with Crippen LogP contribution in [-0.2, 0) is 12.8 Å². The van der Waals surface area contributed by atoms with E-state index in [1.54, 1.807) is 24.5 Å². The molecule has 86 valence electrons. The number of fused-ring (bicyclic) bond motifs is 1. The van der Waals surface area contributed by atoms with Crippen molar-refractivity contribution in [2.75, 3.05) is 0 Å². The van der Waals surface area contributed by atoms with E-state index in [9.17, 15) is 4.79 Å². The number of ketones is 1. The second-order valence-electron chi connectivity index (χ2n) is 4.49. The Morgan fingerprint density at radius 3 is 2.47 bits per heavy atom. The number of hydrogen-bond acceptors (Lipinski definition) is 3. The number of carbonyl (C=O) groups excluding carboxylic acids is 1. The maximum absolute atomic E-state index is 11.3. The third kappa shape index (κ3) is 1.91. The van der Waals surface area contributed by atoms with E-state index in [4.69, 9.17) is 0 Å². The van der Waals surface area contributed by atoms with Crippen molar-refractivity contribution in [2.24, 2.45) is 0 Å². The van der Waals surface area contributed by atoms with Gasteiger partial charge in [0.2, 0.25) is 0 Å². The minimum atomic E-state index is 0.115. The third-order valence-electron chi connectivity index (χ3n) is 3.27. The maximum Gasteiger partial charge on any atom is 0.171 e. The van der Waals surface area contributed by atoms with E-state index in [2.05, 4.69) is 29.2 Å². The van der Waals surface area contributed by atoms with E-state index in [-0.39, 0.29) is 5.78 Å². The highest BCUT2D eigenvalue weighted by Gasteiger charge is 2.25. The van der Waals surface area contributed by atoms with Gasteiger partial charge in [-0.15, -0.1) is 11.3 Å². The Bertz CT molecular complexity index is 548. The standard InChI is InChI=1S/C14H13NOS/c1-9(16)13-8-15-14(17-13)12-6-10-4-2-3-5-11(10)7-12/h2-5,8,12H,6-7H2,1H3. The van der Waals surface area contributed by atoms with Gasteiger partial charge in [0.1, 0.15) is 0 Å². The molecule has 1 aromatic heterocycles. The first-order chi connectivity index (χ1) is 8.24. The zero-order chi connectivity index (χ0) is 11.8. The molecule has 2 nitrogen and oxygen atoms in total. The molecule has 0 saturated carbocycles. The number of carbonyl (C=O) groups is 1. The van der Waals surface area contributed by atoms with Crippen LogP contribution in [0.1, 0.15) is 38.6 Å². The van der Waals surface area contributed by atoms with Crippen molar-refractivity contribution in [3.63, 3.8) is 0 Å². The van der Waals surface area contributed by atoms with Crippen LogP contribution >= 0.6 is 11.3 Å². The van der Waals surface area contributed by atoms with Crippen molar-refractivity contribution in [1.29, 1.82) is 0 Å². The first-order valence-corrected chi connectivity index (χ1v) is 6.59. The summed E-state index contributed by atoms with van der Waals surface area (Å²) in [5.41, 5.74) is 2.86. The van der Waals surface area contributed by atoms with Crippen molar-refractivity contribution in [1.82, 2.24) is 4.98 Å². The van der Waals surface area contributed by atoms with Gasteiger partial charge in [-0.05, 0) is 24.0 Å². The molecule has 1 aliphatic rings. The van der Waals surface area contributed by atoms with Crippen molar-refractivity contribution in [3.05, 3.63) is 51.5 Å². The largest absolute Gasteiger partial charge is 0.294 e. The molecule has 17 heavy (non-hydrogen) atoms. The van der Waals surface area contributed by atoms with Crippen molar-refractivity contribution >= 4 is 17.1 Å². The molecule has 1 heterocycles.